The first kappa shape index (κ1) is 8.07. The molecular weight excluding hydrogens is 170 g/mol. The summed E-state index contributed by atoms with van der Waals surface area (Å²) < 4.78 is 4.66. The van der Waals surface area contributed by atoms with Crippen LogP contribution in [0.5, 0.6) is 0 Å². The molecule has 0 unspecified atom stereocenters. The van der Waals surface area contributed by atoms with Gasteiger partial charge in [0.05, 0.1) is 12.1 Å². The number of rotatable bonds is 3. The van der Waals surface area contributed by atoms with Crippen molar-refractivity contribution >= 4 is 17.6 Å². The van der Waals surface area contributed by atoms with Crippen LogP contribution in [0.3, 0.4) is 0 Å². The third-order valence-corrected chi connectivity index (χ3v) is 1.29. The summed E-state index contributed by atoms with van der Waals surface area (Å²) in [6, 6.07) is 0. The van der Waals surface area contributed by atoms with Gasteiger partial charge in [-0.25, -0.2) is 4.98 Å². The van der Waals surface area contributed by atoms with E-state index in [9.17, 15) is 4.79 Å². The maximum Gasteiger partial charge on any atom is 0.303 e. The number of oxazole rings is 1. The second-order valence-corrected chi connectivity index (χ2v) is 2.31. The van der Waals surface area contributed by atoms with Crippen LogP contribution in [-0.2, 0) is 11.2 Å². The number of carbonyl (C=O) groups is 1. The van der Waals surface area contributed by atoms with Crippen LogP contribution in [0.1, 0.15) is 12.1 Å². The Morgan fingerprint density at radius 3 is 3.00 bits per heavy atom. The SMILES string of the molecule is O=C(O)CCc1coc(Cl)n1. The molecule has 11 heavy (non-hydrogen) atoms. The highest BCUT2D eigenvalue weighted by Crippen LogP contribution is 2.08. The number of nitrogens with zero attached hydrogens (tertiary/aromatic N) is 1. The van der Waals surface area contributed by atoms with E-state index in [4.69, 9.17) is 16.7 Å². The molecule has 60 valence electrons. The first-order valence-corrected chi connectivity index (χ1v) is 3.38. The van der Waals surface area contributed by atoms with Crippen LogP contribution in [0, 0.1) is 0 Å². The van der Waals surface area contributed by atoms with Gasteiger partial charge in [-0.2, -0.15) is 0 Å². The van der Waals surface area contributed by atoms with Gasteiger partial charge in [-0.1, -0.05) is 0 Å². The Bertz CT molecular complexity index is 258. The zero-order chi connectivity index (χ0) is 8.27. The number of aryl methyl sites for hydroxylation is 1. The van der Waals surface area contributed by atoms with E-state index in [-0.39, 0.29) is 11.8 Å². The minimum absolute atomic E-state index is 0.0445. The van der Waals surface area contributed by atoms with E-state index in [2.05, 4.69) is 9.40 Å². The molecule has 1 N–H and O–H groups in total. The molecule has 0 aromatic carbocycles. The zero-order valence-electron chi connectivity index (χ0n) is 5.58. The van der Waals surface area contributed by atoms with E-state index in [1.165, 1.54) is 6.26 Å². The molecule has 1 heterocycles. The third kappa shape index (κ3) is 2.59. The fourth-order valence-corrected chi connectivity index (χ4v) is 0.785. The molecule has 0 fully saturated rings. The molecule has 0 amide bonds. The number of hydrogen-bond acceptors (Lipinski definition) is 3. The van der Waals surface area contributed by atoms with E-state index < -0.39 is 5.97 Å². The largest absolute Gasteiger partial charge is 0.481 e. The Balaban J connectivity index is 2.45. The Kier molecular flexibility index (Phi) is 2.48. The second kappa shape index (κ2) is 3.39. The Hall–Kier alpha value is -1.03. The predicted octanol–water partition coefficient (Wildman–Crippen LogP) is 1.35. The van der Waals surface area contributed by atoms with Crippen molar-refractivity contribution in [3.63, 3.8) is 0 Å². The summed E-state index contributed by atoms with van der Waals surface area (Å²) in [5, 5.41) is 8.34. The summed E-state index contributed by atoms with van der Waals surface area (Å²) in [6.07, 6.45) is 1.75. The number of halogens is 1. The van der Waals surface area contributed by atoms with Gasteiger partial charge in [0, 0.05) is 6.42 Å². The molecular formula is C6H6ClNO3. The molecule has 4 nitrogen and oxygen atoms in total. The minimum atomic E-state index is -0.857. The molecule has 0 aliphatic rings. The van der Waals surface area contributed by atoms with Crippen molar-refractivity contribution in [3.8, 4) is 0 Å². The highest BCUT2D eigenvalue weighted by Gasteiger charge is 2.03. The van der Waals surface area contributed by atoms with Gasteiger partial charge in [0.1, 0.15) is 6.26 Å². The Labute approximate surface area is 67.8 Å². The maximum atomic E-state index is 10.1. The van der Waals surface area contributed by atoms with Crippen molar-refractivity contribution in [2.75, 3.05) is 0 Å². The lowest BCUT2D eigenvalue weighted by Gasteiger charge is -1.87. The molecule has 0 radical (unpaired) electrons. The molecule has 0 bridgehead atoms. The quantitative estimate of drug-likeness (QED) is 0.753. The van der Waals surface area contributed by atoms with Crippen molar-refractivity contribution in [1.29, 1.82) is 0 Å². The molecule has 0 saturated carbocycles. The van der Waals surface area contributed by atoms with E-state index in [1.807, 2.05) is 0 Å². The van der Waals surface area contributed by atoms with Crippen LogP contribution in [0.15, 0.2) is 10.7 Å². The third-order valence-electron chi connectivity index (χ3n) is 1.12. The number of aliphatic carboxylic acids is 1. The lowest BCUT2D eigenvalue weighted by atomic mass is 10.2. The van der Waals surface area contributed by atoms with Gasteiger partial charge in [0.25, 0.3) is 5.35 Å². The minimum Gasteiger partial charge on any atom is -0.481 e. The Morgan fingerprint density at radius 1 is 1.82 bits per heavy atom. The van der Waals surface area contributed by atoms with Gasteiger partial charge < -0.3 is 9.52 Å². The van der Waals surface area contributed by atoms with Gasteiger partial charge in [-0.05, 0) is 11.6 Å². The molecule has 1 aromatic heterocycles. The van der Waals surface area contributed by atoms with Crippen molar-refractivity contribution < 1.29 is 14.3 Å². The molecule has 0 saturated heterocycles. The summed E-state index contributed by atoms with van der Waals surface area (Å²) in [5.74, 6) is -0.857. The van der Waals surface area contributed by atoms with Gasteiger partial charge in [-0.3, -0.25) is 4.79 Å². The van der Waals surface area contributed by atoms with Crippen LogP contribution < -0.4 is 0 Å². The van der Waals surface area contributed by atoms with Crippen LogP contribution >= 0.6 is 11.6 Å². The molecule has 0 aliphatic carbocycles. The monoisotopic (exact) mass is 175 g/mol. The van der Waals surface area contributed by atoms with Gasteiger partial charge in [0.15, 0.2) is 0 Å². The first-order chi connectivity index (χ1) is 5.18. The Morgan fingerprint density at radius 2 is 2.55 bits per heavy atom. The van der Waals surface area contributed by atoms with E-state index >= 15 is 0 Å². The van der Waals surface area contributed by atoms with Crippen molar-refractivity contribution in [1.82, 2.24) is 4.98 Å². The fraction of sp³-hybridized carbons (Fsp3) is 0.333. The smallest absolute Gasteiger partial charge is 0.303 e. The van der Waals surface area contributed by atoms with E-state index in [1.54, 1.807) is 0 Å². The van der Waals surface area contributed by atoms with E-state index in [0.29, 0.717) is 12.1 Å². The predicted molar refractivity (Wildman–Crippen MR) is 37.5 cm³/mol. The van der Waals surface area contributed by atoms with Gasteiger partial charge in [0.2, 0.25) is 0 Å². The summed E-state index contributed by atoms with van der Waals surface area (Å²) >= 11 is 5.35. The molecule has 1 rings (SSSR count). The van der Waals surface area contributed by atoms with E-state index in [0.717, 1.165) is 0 Å². The van der Waals surface area contributed by atoms with Crippen LogP contribution in [0.2, 0.25) is 5.35 Å². The molecule has 1 aromatic rings. The molecule has 0 spiro atoms. The summed E-state index contributed by atoms with van der Waals surface area (Å²) in [6.45, 7) is 0. The number of hydrogen-bond donors (Lipinski definition) is 1. The fourth-order valence-electron chi connectivity index (χ4n) is 0.632. The average molecular weight is 176 g/mol. The zero-order valence-corrected chi connectivity index (χ0v) is 6.34. The summed E-state index contributed by atoms with van der Waals surface area (Å²) in [5.41, 5.74) is 0.567. The number of aromatic nitrogens is 1. The van der Waals surface area contributed by atoms with Crippen LogP contribution in [0.25, 0.3) is 0 Å². The number of carboxylic acids is 1. The van der Waals surface area contributed by atoms with Crippen LogP contribution in [-0.4, -0.2) is 16.1 Å². The van der Waals surface area contributed by atoms with Gasteiger partial charge >= 0.3 is 5.97 Å². The summed E-state index contributed by atoms with van der Waals surface area (Å²) in [7, 11) is 0. The van der Waals surface area contributed by atoms with Crippen LogP contribution in [0.4, 0.5) is 0 Å². The first-order valence-electron chi connectivity index (χ1n) is 3.00. The lowest BCUT2D eigenvalue weighted by molar-refractivity contribution is -0.136. The highest BCUT2D eigenvalue weighted by molar-refractivity contribution is 6.27. The normalized spacial score (nSPS) is 9.91. The second-order valence-electron chi connectivity index (χ2n) is 1.99. The number of carboxylic acid groups (broad SMARTS) is 1. The topological polar surface area (TPSA) is 63.3 Å². The molecule has 0 aliphatic heterocycles. The lowest BCUT2D eigenvalue weighted by Crippen LogP contribution is -1.97. The maximum absolute atomic E-state index is 10.1. The molecule has 0 atom stereocenters. The molecule has 5 heteroatoms. The standard InChI is InChI=1S/C6H6ClNO3/c7-6-8-4(3-11-6)1-2-5(9)10/h3H,1-2H2,(H,9,10). The average Bonchev–Trinajstić information content (AvgIpc) is 2.31. The highest BCUT2D eigenvalue weighted by atomic mass is 35.5. The van der Waals surface area contributed by atoms with Crippen molar-refractivity contribution in [3.05, 3.63) is 17.3 Å². The van der Waals surface area contributed by atoms with Gasteiger partial charge in [-0.15, -0.1) is 0 Å². The van der Waals surface area contributed by atoms with Crippen molar-refractivity contribution in [2.45, 2.75) is 12.8 Å². The summed E-state index contributed by atoms with van der Waals surface area (Å²) in [4.78, 5) is 13.8. The van der Waals surface area contributed by atoms with Crippen molar-refractivity contribution in [2.24, 2.45) is 0 Å².